The van der Waals surface area contributed by atoms with Gasteiger partial charge in [0.2, 0.25) is 5.91 Å². The number of halogens is 1. The van der Waals surface area contributed by atoms with E-state index in [1.54, 1.807) is 7.11 Å². The van der Waals surface area contributed by atoms with Gasteiger partial charge >= 0.3 is 0 Å². The van der Waals surface area contributed by atoms with Crippen LogP contribution in [0.5, 0.6) is 5.75 Å². The molecule has 8 heteroatoms. The zero-order valence-corrected chi connectivity index (χ0v) is 18.6. The summed E-state index contributed by atoms with van der Waals surface area (Å²) < 4.78 is 10.9. The number of methoxy groups -OCH3 is 1. The van der Waals surface area contributed by atoms with Gasteiger partial charge in [0.1, 0.15) is 18.1 Å². The number of nitrogens with two attached hydrogens (primary N) is 1. The lowest BCUT2D eigenvalue weighted by molar-refractivity contribution is -0.122. The topological polar surface area (TPSA) is 89.5 Å². The number of hydrazone groups is 1. The van der Waals surface area contributed by atoms with Gasteiger partial charge in [0.05, 0.1) is 7.11 Å². The van der Waals surface area contributed by atoms with Gasteiger partial charge in [0.25, 0.3) is 5.90 Å². The van der Waals surface area contributed by atoms with Crippen LogP contribution in [0.2, 0.25) is 5.02 Å². The molecule has 1 fully saturated rings. The standard InChI is InChI=1S/C24H25ClN4O3/c1-31-21-7-5-16(6-8-21)18-13-22(24(28-26)32-15-18)27-23(30)17-9-11-29(12-10-17)20-4-2-3-19(25)14-20/h2-8,13-14,17H,9-12,15,26H2,1H3. The van der Waals surface area contributed by atoms with Crippen molar-refractivity contribution in [2.45, 2.75) is 12.8 Å². The minimum atomic E-state index is -0.178. The average Bonchev–Trinajstić information content (AvgIpc) is 2.84. The molecule has 2 aliphatic rings. The van der Waals surface area contributed by atoms with E-state index in [0.29, 0.717) is 30.2 Å². The SMILES string of the molecule is COc1ccc(C2=CC(=NC(=O)C3CCN(c4cccc(Cl)c4)CC3)C(=NN)OC2)cc1. The number of nitrogens with zero attached hydrogens (tertiary/aromatic N) is 3. The first-order chi connectivity index (χ1) is 15.6. The van der Waals surface area contributed by atoms with Crippen molar-refractivity contribution in [3.63, 3.8) is 0 Å². The van der Waals surface area contributed by atoms with Crippen LogP contribution in [0, 0.1) is 5.92 Å². The maximum atomic E-state index is 12.9. The molecule has 1 amide bonds. The monoisotopic (exact) mass is 452 g/mol. The van der Waals surface area contributed by atoms with Crippen LogP contribution < -0.4 is 15.5 Å². The average molecular weight is 453 g/mol. The molecule has 2 aromatic rings. The highest BCUT2D eigenvalue weighted by Crippen LogP contribution is 2.27. The van der Waals surface area contributed by atoms with Crippen LogP contribution in [0.1, 0.15) is 18.4 Å². The second-order valence-electron chi connectivity index (χ2n) is 7.70. The Labute approximate surface area is 192 Å². The summed E-state index contributed by atoms with van der Waals surface area (Å²) in [6.45, 7) is 1.83. The molecule has 7 nitrogen and oxygen atoms in total. The van der Waals surface area contributed by atoms with Crippen molar-refractivity contribution >= 4 is 40.4 Å². The molecule has 4 rings (SSSR count). The van der Waals surface area contributed by atoms with Crippen molar-refractivity contribution in [3.8, 4) is 5.75 Å². The molecule has 1 saturated heterocycles. The Morgan fingerprint density at radius 3 is 2.59 bits per heavy atom. The maximum absolute atomic E-state index is 12.9. The van der Waals surface area contributed by atoms with Gasteiger partial charge < -0.3 is 20.2 Å². The number of carbonyl (C=O) groups excluding carboxylic acids is 1. The summed E-state index contributed by atoms with van der Waals surface area (Å²) >= 11 is 6.11. The first kappa shape index (κ1) is 21.9. The smallest absolute Gasteiger partial charge is 0.257 e. The summed E-state index contributed by atoms with van der Waals surface area (Å²) in [7, 11) is 1.62. The van der Waals surface area contributed by atoms with Crippen LogP contribution in [0.15, 0.2) is 64.7 Å². The molecule has 0 saturated carbocycles. The lowest BCUT2D eigenvalue weighted by Gasteiger charge is -2.32. The molecule has 32 heavy (non-hydrogen) atoms. The number of hydrogen-bond donors (Lipinski definition) is 1. The van der Waals surface area contributed by atoms with Gasteiger partial charge in [-0.2, -0.15) is 0 Å². The third-order valence-electron chi connectivity index (χ3n) is 5.72. The lowest BCUT2D eigenvalue weighted by atomic mass is 9.95. The fourth-order valence-electron chi connectivity index (χ4n) is 3.91. The van der Waals surface area contributed by atoms with E-state index in [4.69, 9.17) is 26.9 Å². The number of carbonyl (C=O) groups is 1. The Hall–Kier alpha value is -3.32. The van der Waals surface area contributed by atoms with Crippen LogP contribution in [0.25, 0.3) is 5.57 Å². The summed E-state index contributed by atoms with van der Waals surface area (Å²) in [5, 5.41) is 4.37. The Morgan fingerprint density at radius 1 is 1.19 bits per heavy atom. The summed E-state index contributed by atoms with van der Waals surface area (Å²) in [6.07, 6.45) is 3.25. The molecule has 0 bridgehead atoms. The zero-order chi connectivity index (χ0) is 22.5. The van der Waals surface area contributed by atoms with Gasteiger partial charge in [-0.25, -0.2) is 4.99 Å². The first-order valence-electron chi connectivity index (χ1n) is 10.5. The number of rotatable bonds is 4. The van der Waals surface area contributed by atoms with Crippen molar-refractivity contribution < 1.29 is 14.3 Å². The number of ether oxygens (including phenoxy) is 2. The molecule has 0 unspecified atom stereocenters. The second-order valence-corrected chi connectivity index (χ2v) is 8.13. The molecule has 2 aromatic carbocycles. The minimum absolute atomic E-state index is 0.156. The highest BCUT2D eigenvalue weighted by atomic mass is 35.5. The van der Waals surface area contributed by atoms with Crippen molar-refractivity contribution in [2.75, 3.05) is 31.7 Å². The Bertz CT molecular complexity index is 1070. The molecule has 0 radical (unpaired) electrons. The largest absolute Gasteiger partial charge is 0.497 e. The molecular formula is C24H25ClN4O3. The quantitative estimate of drug-likeness (QED) is 0.561. The molecule has 0 atom stereocenters. The molecule has 0 aliphatic carbocycles. The van der Waals surface area contributed by atoms with Crippen LogP contribution >= 0.6 is 11.6 Å². The molecule has 166 valence electrons. The van der Waals surface area contributed by atoms with Gasteiger partial charge in [0.15, 0.2) is 0 Å². The second kappa shape index (κ2) is 9.87. The van der Waals surface area contributed by atoms with Gasteiger partial charge in [-0.05, 0) is 60.4 Å². The van der Waals surface area contributed by atoms with Crippen LogP contribution in [0.4, 0.5) is 5.69 Å². The molecule has 2 N–H and O–H groups in total. The molecule has 0 aromatic heterocycles. The number of benzene rings is 2. The lowest BCUT2D eigenvalue weighted by Crippen LogP contribution is -2.36. The van der Waals surface area contributed by atoms with Crippen molar-refractivity contribution in [1.29, 1.82) is 0 Å². The highest BCUT2D eigenvalue weighted by Gasteiger charge is 2.27. The maximum Gasteiger partial charge on any atom is 0.257 e. The van der Waals surface area contributed by atoms with E-state index in [-0.39, 0.29) is 17.7 Å². The van der Waals surface area contributed by atoms with Gasteiger partial charge in [-0.15, -0.1) is 5.10 Å². The van der Waals surface area contributed by atoms with Crippen LogP contribution in [-0.4, -0.2) is 44.3 Å². The first-order valence-corrected chi connectivity index (χ1v) is 10.8. The number of anilines is 1. The third kappa shape index (κ3) is 4.94. The van der Waals surface area contributed by atoms with Gasteiger partial charge in [0, 0.05) is 29.7 Å². The minimum Gasteiger partial charge on any atom is -0.497 e. The number of hydrogen-bond acceptors (Lipinski definition) is 6. The number of aliphatic imine (C=N–C) groups is 1. The van der Waals surface area contributed by atoms with E-state index in [0.717, 1.165) is 35.7 Å². The molecular weight excluding hydrogens is 428 g/mol. The van der Waals surface area contributed by atoms with E-state index < -0.39 is 0 Å². The summed E-state index contributed by atoms with van der Waals surface area (Å²) in [5.41, 5.74) is 3.27. The van der Waals surface area contributed by atoms with E-state index in [1.165, 1.54) is 0 Å². The number of amides is 1. The predicted octanol–water partition coefficient (Wildman–Crippen LogP) is 3.92. The summed E-state index contributed by atoms with van der Waals surface area (Å²) in [4.78, 5) is 19.5. The highest BCUT2D eigenvalue weighted by molar-refractivity contribution is 6.46. The van der Waals surface area contributed by atoms with Crippen molar-refractivity contribution in [1.82, 2.24) is 0 Å². The van der Waals surface area contributed by atoms with E-state index >= 15 is 0 Å². The van der Waals surface area contributed by atoms with Gasteiger partial charge in [-0.3, -0.25) is 4.79 Å². The fraction of sp³-hybridized carbons (Fsp3) is 0.292. The summed E-state index contributed by atoms with van der Waals surface area (Å²) in [6, 6.07) is 15.4. The Morgan fingerprint density at radius 2 is 1.94 bits per heavy atom. The predicted molar refractivity (Wildman–Crippen MR) is 127 cm³/mol. The third-order valence-corrected chi connectivity index (χ3v) is 5.96. The summed E-state index contributed by atoms with van der Waals surface area (Å²) in [5.74, 6) is 6.08. The molecule has 2 heterocycles. The fourth-order valence-corrected chi connectivity index (χ4v) is 4.10. The zero-order valence-electron chi connectivity index (χ0n) is 17.8. The van der Waals surface area contributed by atoms with Crippen LogP contribution in [-0.2, 0) is 9.53 Å². The Kier molecular flexibility index (Phi) is 6.75. The van der Waals surface area contributed by atoms with Crippen molar-refractivity contribution in [3.05, 3.63) is 65.2 Å². The van der Waals surface area contributed by atoms with E-state index in [1.807, 2.05) is 54.6 Å². The number of piperidine rings is 1. The molecule has 2 aliphatic heterocycles. The molecule has 0 spiro atoms. The van der Waals surface area contributed by atoms with Crippen LogP contribution in [0.3, 0.4) is 0 Å². The van der Waals surface area contributed by atoms with E-state index in [9.17, 15) is 4.79 Å². The van der Waals surface area contributed by atoms with Crippen molar-refractivity contribution in [2.24, 2.45) is 21.9 Å². The Balaban J connectivity index is 1.47. The normalized spacial score (nSPS) is 19.6. The van der Waals surface area contributed by atoms with E-state index in [2.05, 4.69) is 15.0 Å². The van der Waals surface area contributed by atoms with Gasteiger partial charge in [-0.1, -0.05) is 29.8 Å².